The lowest BCUT2D eigenvalue weighted by atomic mass is 10.1. The first-order valence-electron chi connectivity index (χ1n) is 10.1. The van der Waals surface area contributed by atoms with Gasteiger partial charge in [-0.25, -0.2) is 14.7 Å². The van der Waals surface area contributed by atoms with E-state index in [1.807, 2.05) is 41.3 Å². The highest BCUT2D eigenvalue weighted by Crippen LogP contribution is 2.35. The molecule has 3 aliphatic rings. The van der Waals surface area contributed by atoms with Crippen molar-refractivity contribution in [1.82, 2.24) is 9.97 Å². The van der Waals surface area contributed by atoms with Gasteiger partial charge in [-0.3, -0.25) is 9.80 Å². The molecule has 0 bridgehead atoms. The number of nitrogens with zero attached hydrogens (tertiary/aromatic N) is 5. The Balaban J connectivity index is 1.53. The predicted octanol–water partition coefficient (Wildman–Crippen LogP) is 5.17. The summed E-state index contributed by atoms with van der Waals surface area (Å²) in [6.45, 7) is 0.373. The summed E-state index contributed by atoms with van der Waals surface area (Å²) in [5.41, 5.74) is 2.61. The molecule has 8 nitrogen and oxygen atoms in total. The Labute approximate surface area is 193 Å². The van der Waals surface area contributed by atoms with Crippen molar-refractivity contribution < 1.29 is 14.3 Å². The van der Waals surface area contributed by atoms with Gasteiger partial charge in [0.2, 0.25) is 11.8 Å². The molecule has 162 valence electrons. The topological polar surface area (TPSA) is 71.0 Å². The van der Waals surface area contributed by atoms with Gasteiger partial charge in [0.1, 0.15) is 18.3 Å². The van der Waals surface area contributed by atoms with Crippen LogP contribution in [0.1, 0.15) is 18.4 Å². The van der Waals surface area contributed by atoms with Crippen LogP contribution in [0, 0.1) is 0 Å². The molecular weight excluding hydrogens is 474 g/mol. The maximum atomic E-state index is 13.2. The maximum absolute atomic E-state index is 13.2. The van der Waals surface area contributed by atoms with Gasteiger partial charge in [-0.15, -0.1) is 0 Å². The molecule has 0 N–H and O–H groups in total. The lowest BCUT2D eigenvalue weighted by Crippen LogP contribution is -2.46. The van der Waals surface area contributed by atoms with Crippen LogP contribution in [0.25, 0.3) is 0 Å². The molecule has 5 rings (SSSR count). The molecule has 0 unspecified atom stereocenters. The second-order valence-corrected chi connectivity index (χ2v) is 8.19. The summed E-state index contributed by atoms with van der Waals surface area (Å²) in [5, 5.41) is 0. The Morgan fingerprint density at radius 2 is 2.09 bits per heavy atom. The second kappa shape index (κ2) is 8.51. The van der Waals surface area contributed by atoms with Crippen molar-refractivity contribution in [3.63, 3.8) is 0 Å². The third kappa shape index (κ3) is 3.64. The van der Waals surface area contributed by atoms with Crippen LogP contribution in [0.2, 0.25) is 0 Å². The number of urea groups is 1. The largest absolute Gasteiger partial charge is 0.464 e. The summed E-state index contributed by atoms with van der Waals surface area (Å²) in [4.78, 5) is 27.6. The number of anilines is 3. The number of allylic oxidation sites excluding steroid dienone is 4. The van der Waals surface area contributed by atoms with Crippen molar-refractivity contribution in [1.29, 1.82) is 0 Å². The number of hydrogen-bond acceptors (Lipinski definition) is 6. The zero-order chi connectivity index (χ0) is 22.1. The summed E-state index contributed by atoms with van der Waals surface area (Å²) < 4.78 is 11.8. The summed E-state index contributed by atoms with van der Waals surface area (Å²) in [7, 11) is 1.72. The highest BCUT2D eigenvalue weighted by molar-refractivity contribution is 9.10. The zero-order valence-corrected chi connectivity index (χ0v) is 18.9. The Kier molecular flexibility index (Phi) is 5.40. The van der Waals surface area contributed by atoms with Crippen LogP contribution >= 0.6 is 15.9 Å². The fourth-order valence-corrected chi connectivity index (χ4v) is 4.27. The zero-order valence-electron chi connectivity index (χ0n) is 17.3. The Hall–Kier alpha value is -3.59. The van der Waals surface area contributed by atoms with Gasteiger partial charge in [0.15, 0.2) is 6.26 Å². The minimum absolute atomic E-state index is 0.167. The third-order valence-electron chi connectivity index (χ3n) is 5.33. The minimum atomic E-state index is -0.167. The van der Waals surface area contributed by atoms with Crippen LogP contribution in [-0.2, 0) is 16.0 Å². The van der Waals surface area contributed by atoms with Crippen molar-refractivity contribution >= 4 is 39.4 Å². The Morgan fingerprint density at radius 1 is 1.22 bits per heavy atom. The number of carbonyl (C=O) groups is 1. The molecule has 3 heterocycles. The van der Waals surface area contributed by atoms with Crippen LogP contribution < -0.4 is 14.7 Å². The molecule has 2 amide bonds. The van der Waals surface area contributed by atoms with Gasteiger partial charge in [0.25, 0.3) is 0 Å². The number of hydrogen-bond donors (Lipinski definition) is 0. The van der Waals surface area contributed by atoms with Crippen LogP contribution in [0.15, 0.2) is 83.5 Å². The quantitative estimate of drug-likeness (QED) is 0.584. The van der Waals surface area contributed by atoms with Gasteiger partial charge in [-0.1, -0.05) is 24.3 Å². The van der Waals surface area contributed by atoms with Crippen molar-refractivity contribution in [2.75, 3.05) is 21.7 Å². The van der Waals surface area contributed by atoms with Crippen molar-refractivity contribution in [2.24, 2.45) is 0 Å². The number of ether oxygens (including phenoxy) is 2. The molecule has 2 aromatic rings. The van der Waals surface area contributed by atoms with Gasteiger partial charge in [0.05, 0.1) is 12.2 Å². The number of aromatic nitrogens is 2. The fourth-order valence-electron chi connectivity index (χ4n) is 3.77. The SMILES string of the molecule is CN1C(=O)N(c2ccccc2Br)Cc2cnc(N(C3=CC=CCC3)C3=COC=CO3)nc21. The van der Waals surface area contributed by atoms with Crippen molar-refractivity contribution in [3.05, 3.63) is 89.1 Å². The first-order chi connectivity index (χ1) is 15.6. The molecular formula is C23H20BrN5O3. The molecule has 2 aliphatic heterocycles. The van der Waals surface area contributed by atoms with E-state index < -0.39 is 0 Å². The standard InChI is InChI=1S/C23H20BrN5O3/c1-27-21-16(14-28(23(27)30)19-10-6-5-9-18(19)24)13-25-22(26-21)29(17-7-3-2-4-8-17)20-15-31-11-12-32-20/h2-3,5-7,9-13,15H,4,8,14H2,1H3. The minimum Gasteiger partial charge on any atom is -0.464 e. The van der Waals surface area contributed by atoms with E-state index >= 15 is 0 Å². The van der Waals surface area contributed by atoms with E-state index in [1.165, 1.54) is 18.8 Å². The molecule has 0 saturated carbocycles. The summed E-state index contributed by atoms with van der Waals surface area (Å²) in [6.07, 6.45) is 14.0. The number of benzene rings is 1. The van der Waals surface area contributed by atoms with E-state index in [0.29, 0.717) is 24.2 Å². The number of rotatable bonds is 4. The molecule has 1 aromatic heterocycles. The normalized spacial score (nSPS) is 17.2. The Bertz CT molecular complexity index is 1190. The number of amides is 2. The summed E-state index contributed by atoms with van der Waals surface area (Å²) in [6, 6.07) is 7.47. The number of para-hydroxylation sites is 1. The molecule has 0 spiro atoms. The molecule has 0 radical (unpaired) electrons. The fraction of sp³-hybridized carbons (Fsp3) is 0.174. The lowest BCUT2D eigenvalue weighted by Gasteiger charge is -2.35. The highest BCUT2D eigenvalue weighted by Gasteiger charge is 2.33. The smallest absolute Gasteiger partial charge is 0.330 e. The molecule has 0 fully saturated rings. The van der Waals surface area contributed by atoms with Crippen LogP contribution in [0.5, 0.6) is 0 Å². The van der Waals surface area contributed by atoms with Crippen LogP contribution in [0.3, 0.4) is 0 Å². The van der Waals surface area contributed by atoms with E-state index in [4.69, 9.17) is 14.5 Å². The Morgan fingerprint density at radius 3 is 2.84 bits per heavy atom. The van der Waals surface area contributed by atoms with Gasteiger partial charge in [-0.2, -0.15) is 4.98 Å². The third-order valence-corrected chi connectivity index (χ3v) is 6.00. The van der Waals surface area contributed by atoms with Crippen LogP contribution in [0.4, 0.5) is 22.2 Å². The number of carbonyl (C=O) groups excluding carboxylic acids is 1. The first kappa shape index (κ1) is 20.3. The van der Waals surface area contributed by atoms with Gasteiger partial charge in [0, 0.05) is 29.0 Å². The van der Waals surface area contributed by atoms with Crippen molar-refractivity contribution in [3.8, 4) is 0 Å². The number of fused-ring (bicyclic) bond motifs is 1. The average molecular weight is 494 g/mol. The van der Waals surface area contributed by atoms with E-state index in [0.717, 1.165) is 34.3 Å². The van der Waals surface area contributed by atoms with E-state index in [1.54, 1.807) is 23.0 Å². The van der Waals surface area contributed by atoms with E-state index in [-0.39, 0.29) is 6.03 Å². The molecule has 0 saturated heterocycles. The first-order valence-corrected chi connectivity index (χ1v) is 10.9. The molecule has 32 heavy (non-hydrogen) atoms. The lowest BCUT2D eigenvalue weighted by molar-refractivity contribution is 0.249. The van der Waals surface area contributed by atoms with Gasteiger partial charge >= 0.3 is 6.03 Å². The van der Waals surface area contributed by atoms with Gasteiger partial charge in [-0.05, 0) is 47.0 Å². The van der Waals surface area contributed by atoms with Gasteiger partial charge < -0.3 is 9.47 Å². The highest BCUT2D eigenvalue weighted by atomic mass is 79.9. The maximum Gasteiger partial charge on any atom is 0.330 e. The molecule has 1 aliphatic carbocycles. The number of halogens is 1. The summed E-state index contributed by atoms with van der Waals surface area (Å²) in [5.74, 6) is 1.42. The monoisotopic (exact) mass is 493 g/mol. The second-order valence-electron chi connectivity index (χ2n) is 7.34. The summed E-state index contributed by atoms with van der Waals surface area (Å²) >= 11 is 3.54. The molecule has 1 aromatic carbocycles. The van der Waals surface area contributed by atoms with E-state index in [2.05, 4.69) is 27.0 Å². The van der Waals surface area contributed by atoms with E-state index in [9.17, 15) is 4.79 Å². The van der Waals surface area contributed by atoms with Crippen LogP contribution in [-0.4, -0.2) is 23.0 Å². The molecule has 9 heteroatoms. The predicted molar refractivity (Wildman–Crippen MR) is 124 cm³/mol. The average Bonchev–Trinajstić information content (AvgIpc) is 2.84. The van der Waals surface area contributed by atoms with Crippen molar-refractivity contribution in [2.45, 2.75) is 19.4 Å². The molecule has 0 atom stereocenters.